The summed E-state index contributed by atoms with van der Waals surface area (Å²) in [5, 5.41) is 2.89. The number of anilines is 1. The fourth-order valence-electron chi connectivity index (χ4n) is 3.03. The Bertz CT molecular complexity index is 686. The third-order valence-corrected chi connectivity index (χ3v) is 4.43. The van der Waals surface area contributed by atoms with E-state index in [2.05, 4.69) is 5.32 Å². The average Bonchev–Trinajstić information content (AvgIpc) is 3.28. The van der Waals surface area contributed by atoms with Crippen LogP contribution in [0.2, 0.25) is 0 Å². The molecular formula is C19H23N3O2. The number of nitrogens with one attached hydrogen (secondary N) is 1. The van der Waals surface area contributed by atoms with Crippen molar-refractivity contribution in [3.8, 4) is 0 Å². The molecule has 3 rings (SSSR count). The van der Waals surface area contributed by atoms with E-state index in [-0.39, 0.29) is 17.9 Å². The fraction of sp³-hybridized carbons (Fsp3) is 0.368. The highest BCUT2D eigenvalue weighted by molar-refractivity contribution is 5.96. The van der Waals surface area contributed by atoms with Crippen molar-refractivity contribution in [1.82, 2.24) is 9.47 Å². The number of likely N-dealkylation sites (tertiary alicyclic amines) is 1. The summed E-state index contributed by atoms with van der Waals surface area (Å²) in [6.07, 6.45) is 6.48. The highest BCUT2D eigenvalue weighted by Crippen LogP contribution is 2.17. The van der Waals surface area contributed by atoms with Crippen LogP contribution in [-0.4, -0.2) is 34.4 Å². The molecule has 2 heterocycles. The van der Waals surface area contributed by atoms with E-state index in [1.54, 1.807) is 24.3 Å². The van der Waals surface area contributed by atoms with Crippen molar-refractivity contribution in [2.24, 2.45) is 0 Å². The van der Waals surface area contributed by atoms with Gasteiger partial charge in [-0.05, 0) is 56.2 Å². The smallest absolute Gasteiger partial charge is 0.253 e. The Balaban J connectivity index is 1.55. The molecule has 1 atom stereocenters. The van der Waals surface area contributed by atoms with Crippen LogP contribution < -0.4 is 5.32 Å². The van der Waals surface area contributed by atoms with Crippen molar-refractivity contribution in [2.75, 3.05) is 18.4 Å². The molecule has 1 aliphatic rings. The number of aromatic nitrogens is 1. The van der Waals surface area contributed by atoms with Crippen molar-refractivity contribution in [3.05, 3.63) is 54.4 Å². The molecule has 126 valence electrons. The molecule has 0 bridgehead atoms. The van der Waals surface area contributed by atoms with Crippen LogP contribution in [0.15, 0.2) is 48.8 Å². The van der Waals surface area contributed by atoms with E-state index in [0.717, 1.165) is 31.6 Å². The third-order valence-electron chi connectivity index (χ3n) is 4.43. The first-order valence-electron chi connectivity index (χ1n) is 8.45. The van der Waals surface area contributed by atoms with Crippen molar-refractivity contribution in [1.29, 1.82) is 0 Å². The topological polar surface area (TPSA) is 54.3 Å². The number of hydrogen-bond acceptors (Lipinski definition) is 2. The molecule has 0 aliphatic carbocycles. The van der Waals surface area contributed by atoms with Gasteiger partial charge in [0.15, 0.2) is 0 Å². The Hall–Kier alpha value is -2.56. The number of carbonyl (C=O) groups is 2. The second-order valence-electron chi connectivity index (χ2n) is 6.31. The first kappa shape index (κ1) is 16.3. The number of benzene rings is 1. The third kappa shape index (κ3) is 3.85. The zero-order valence-electron chi connectivity index (χ0n) is 13.9. The molecule has 0 saturated carbocycles. The van der Waals surface area contributed by atoms with Crippen LogP contribution in [0.4, 0.5) is 5.69 Å². The average molecular weight is 325 g/mol. The Kier molecular flexibility index (Phi) is 4.99. The zero-order chi connectivity index (χ0) is 16.9. The maximum atomic E-state index is 12.3. The molecule has 1 aromatic carbocycles. The second-order valence-corrected chi connectivity index (χ2v) is 6.31. The van der Waals surface area contributed by atoms with Crippen molar-refractivity contribution in [2.45, 2.75) is 32.2 Å². The zero-order valence-corrected chi connectivity index (χ0v) is 13.9. The molecule has 2 amide bonds. The second kappa shape index (κ2) is 7.34. The molecule has 0 radical (unpaired) electrons. The van der Waals surface area contributed by atoms with Crippen LogP contribution in [0.25, 0.3) is 0 Å². The van der Waals surface area contributed by atoms with Gasteiger partial charge in [0.25, 0.3) is 5.91 Å². The quantitative estimate of drug-likeness (QED) is 0.917. The molecule has 1 aliphatic heterocycles. The molecule has 0 spiro atoms. The predicted octanol–water partition coefficient (Wildman–Crippen LogP) is 3.31. The van der Waals surface area contributed by atoms with Crippen LogP contribution in [0.5, 0.6) is 0 Å². The van der Waals surface area contributed by atoms with E-state index in [1.165, 1.54) is 0 Å². The lowest BCUT2D eigenvalue weighted by molar-refractivity contribution is -0.116. The van der Waals surface area contributed by atoms with Crippen molar-refractivity contribution in [3.63, 3.8) is 0 Å². The summed E-state index contributed by atoms with van der Waals surface area (Å²) in [5.74, 6) is 0.0430. The number of amides is 2. The molecule has 1 saturated heterocycles. The lowest BCUT2D eigenvalue weighted by atomic mass is 10.1. The molecule has 5 heteroatoms. The van der Waals surface area contributed by atoms with E-state index >= 15 is 0 Å². The van der Waals surface area contributed by atoms with Crippen LogP contribution in [0, 0.1) is 0 Å². The molecule has 1 N–H and O–H groups in total. The number of nitrogens with zero attached hydrogens (tertiary/aromatic N) is 2. The monoisotopic (exact) mass is 325 g/mol. The summed E-state index contributed by atoms with van der Waals surface area (Å²) >= 11 is 0. The van der Waals surface area contributed by atoms with Crippen LogP contribution >= 0.6 is 0 Å². The maximum absolute atomic E-state index is 12.3. The lowest BCUT2D eigenvalue weighted by Crippen LogP contribution is -2.27. The van der Waals surface area contributed by atoms with E-state index in [1.807, 2.05) is 40.9 Å². The molecular weight excluding hydrogens is 302 g/mol. The molecule has 24 heavy (non-hydrogen) atoms. The van der Waals surface area contributed by atoms with E-state index in [0.29, 0.717) is 12.0 Å². The lowest BCUT2D eigenvalue weighted by Gasteiger charge is -2.16. The minimum absolute atomic E-state index is 0.0326. The normalized spacial score (nSPS) is 15.3. The predicted molar refractivity (Wildman–Crippen MR) is 94.0 cm³/mol. The van der Waals surface area contributed by atoms with Gasteiger partial charge >= 0.3 is 0 Å². The van der Waals surface area contributed by atoms with E-state index < -0.39 is 0 Å². The SMILES string of the molecule is C[C@H](CC(=O)Nc1ccc(C(=O)N2CCCC2)cc1)n1cccc1. The number of rotatable bonds is 5. The van der Waals surface area contributed by atoms with Crippen LogP contribution in [-0.2, 0) is 4.79 Å². The van der Waals surface area contributed by atoms with Gasteiger partial charge in [-0.25, -0.2) is 0 Å². The summed E-state index contributed by atoms with van der Waals surface area (Å²) in [7, 11) is 0. The van der Waals surface area contributed by atoms with Gasteiger partial charge in [0, 0.05) is 49.2 Å². The number of carbonyl (C=O) groups excluding carboxylic acids is 2. The summed E-state index contributed by atoms with van der Waals surface area (Å²) < 4.78 is 2.01. The Morgan fingerprint density at radius 2 is 1.71 bits per heavy atom. The summed E-state index contributed by atoms with van der Waals surface area (Å²) in [6, 6.07) is 11.2. The Morgan fingerprint density at radius 3 is 2.33 bits per heavy atom. The van der Waals surface area contributed by atoms with E-state index in [9.17, 15) is 9.59 Å². The molecule has 2 aromatic rings. The van der Waals surface area contributed by atoms with Gasteiger partial charge in [-0.2, -0.15) is 0 Å². The molecule has 1 aromatic heterocycles. The Labute approximate surface area is 142 Å². The van der Waals surface area contributed by atoms with Crippen molar-refractivity contribution >= 4 is 17.5 Å². The molecule has 5 nitrogen and oxygen atoms in total. The van der Waals surface area contributed by atoms with Crippen LogP contribution in [0.3, 0.4) is 0 Å². The molecule has 1 fully saturated rings. The van der Waals surface area contributed by atoms with E-state index in [4.69, 9.17) is 0 Å². The van der Waals surface area contributed by atoms with Crippen LogP contribution in [0.1, 0.15) is 42.6 Å². The van der Waals surface area contributed by atoms with Gasteiger partial charge < -0.3 is 14.8 Å². The fourth-order valence-corrected chi connectivity index (χ4v) is 3.03. The van der Waals surface area contributed by atoms with Gasteiger partial charge in [0.05, 0.1) is 0 Å². The Morgan fingerprint density at radius 1 is 1.08 bits per heavy atom. The van der Waals surface area contributed by atoms with Gasteiger partial charge in [0.1, 0.15) is 0 Å². The summed E-state index contributed by atoms with van der Waals surface area (Å²) in [5.41, 5.74) is 1.40. The van der Waals surface area contributed by atoms with Gasteiger partial charge in [0.2, 0.25) is 5.91 Å². The van der Waals surface area contributed by atoms with Crippen molar-refractivity contribution < 1.29 is 9.59 Å². The van der Waals surface area contributed by atoms with Gasteiger partial charge in [-0.15, -0.1) is 0 Å². The summed E-state index contributed by atoms with van der Waals surface area (Å²) in [4.78, 5) is 26.3. The highest BCUT2D eigenvalue weighted by Gasteiger charge is 2.19. The first-order valence-corrected chi connectivity index (χ1v) is 8.45. The maximum Gasteiger partial charge on any atom is 0.253 e. The number of hydrogen-bond donors (Lipinski definition) is 1. The minimum Gasteiger partial charge on any atom is -0.351 e. The highest BCUT2D eigenvalue weighted by atomic mass is 16.2. The first-order chi connectivity index (χ1) is 11.6. The minimum atomic E-state index is -0.0326. The standard InChI is InChI=1S/C19H23N3O2/c1-15(21-10-2-3-11-21)14-18(23)20-17-8-6-16(7-9-17)19(24)22-12-4-5-13-22/h2-3,6-11,15H,4-5,12-14H2,1H3,(H,20,23)/t15-/m1/s1. The van der Waals surface area contributed by atoms with Gasteiger partial charge in [-0.1, -0.05) is 0 Å². The largest absolute Gasteiger partial charge is 0.351 e. The summed E-state index contributed by atoms with van der Waals surface area (Å²) in [6.45, 7) is 3.70. The van der Waals surface area contributed by atoms with Gasteiger partial charge in [-0.3, -0.25) is 9.59 Å². The molecule has 0 unspecified atom stereocenters.